The Labute approximate surface area is 179 Å². The van der Waals surface area contributed by atoms with Gasteiger partial charge in [0.15, 0.2) is 0 Å². The zero-order valence-electron chi connectivity index (χ0n) is 17.2. The molecule has 1 N–H and O–H groups in total. The molecule has 0 radical (unpaired) electrons. The molecule has 1 saturated heterocycles. The van der Waals surface area contributed by atoms with Crippen LogP contribution < -0.4 is 11.2 Å². The van der Waals surface area contributed by atoms with E-state index in [1.54, 1.807) is 6.20 Å². The molecular formula is C25H24N4O2. The predicted molar refractivity (Wildman–Crippen MR) is 122 cm³/mol. The Morgan fingerprint density at radius 3 is 2.74 bits per heavy atom. The van der Waals surface area contributed by atoms with E-state index in [4.69, 9.17) is 0 Å². The molecule has 31 heavy (non-hydrogen) atoms. The van der Waals surface area contributed by atoms with Crippen LogP contribution in [0, 0.1) is 0 Å². The van der Waals surface area contributed by atoms with E-state index < -0.39 is 11.2 Å². The van der Waals surface area contributed by atoms with E-state index in [9.17, 15) is 9.59 Å². The molecule has 1 unspecified atom stereocenters. The highest BCUT2D eigenvalue weighted by atomic mass is 16.2. The maximum atomic E-state index is 12.2. The van der Waals surface area contributed by atoms with Crippen LogP contribution in [0.4, 0.5) is 0 Å². The molecule has 4 aromatic rings. The molecule has 0 spiro atoms. The molecule has 2 aromatic heterocycles. The van der Waals surface area contributed by atoms with Gasteiger partial charge in [-0.25, -0.2) is 4.79 Å². The third kappa shape index (κ3) is 4.20. The van der Waals surface area contributed by atoms with Crippen LogP contribution in [0.15, 0.2) is 82.6 Å². The Morgan fingerprint density at radius 2 is 1.90 bits per heavy atom. The molecule has 2 aromatic carbocycles. The zero-order valence-corrected chi connectivity index (χ0v) is 17.2. The number of nitrogens with one attached hydrogen (secondary N) is 1. The van der Waals surface area contributed by atoms with Crippen LogP contribution in [0.25, 0.3) is 16.6 Å². The standard InChI is InChI=1S/C25H24N4O2/c30-24-10-12-29(25(31)27-24)22-14-21-13-19(8-9-23(21)26-15-22)20-7-4-11-28(17-20)16-18-5-2-1-3-6-18/h1-3,5-6,8-10,12-15,20H,4,7,11,16-17H2,(H,27,30,31). The summed E-state index contributed by atoms with van der Waals surface area (Å²) in [4.78, 5) is 32.8. The first kappa shape index (κ1) is 19.5. The number of H-pyrrole nitrogens is 1. The number of nitrogens with zero attached hydrogens (tertiary/aromatic N) is 3. The van der Waals surface area contributed by atoms with Crippen molar-refractivity contribution < 1.29 is 0 Å². The Bertz CT molecular complexity index is 1330. The second-order valence-corrected chi connectivity index (χ2v) is 8.19. The highest BCUT2D eigenvalue weighted by Crippen LogP contribution is 2.30. The van der Waals surface area contributed by atoms with Crippen molar-refractivity contribution in [3.05, 3.63) is 105 Å². The number of aromatic amines is 1. The van der Waals surface area contributed by atoms with Crippen LogP contribution in [-0.2, 0) is 6.54 Å². The summed E-state index contributed by atoms with van der Waals surface area (Å²) in [6, 6.07) is 20.3. The Kier molecular flexibility index (Phi) is 5.22. The van der Waals surface area contributed by atoms with Crippen molar-refractivity contribution in [1.29, 1.82) is 0 Å². The predicted octanol–water partition coefficient (Wildman–Crippen LogP) is 3.45. The molecule has 0 aliphatic carbocycles. The van der Waals surface area contributed by atoms with Gasteiger partial charge in [0.2, 0.25) is 0 Å². The summed E-state index contributed by atoms with van der Waals surface area (Å²) in [5, 5.41) is 0.994. The van der Waals surface area contributed by atoms with E-state index in [-0.39, 0.29) is 0 Å². The minimum Gasteiger partial charge on any atom is -0.298 e. The van der Waals surface area contributed by atoms with Gasteiger partial charge in [0, 0.05) is 30.7 Å². The highest BCUT2D eigenvalue weighted by molar-refractivity contribution is 5.81. The molecular weight excluding hydrogens is 388 g/mol. The third-order valence-corrected chi connectivity index (χ3v) is 6.02. The third-order valence-electron chi connectivity index (χ3n) is 6.02. The second kappa shape index (κ2) is 8.32. The van der Waals surface area contributed by atoms with Crippen molar-refractivity contribution in [3.8, 4) is 5.69 Å². The van der Waals surface area contributed by atoms with Crippen LogP contribution in [0.2, 0.25) is 0 Å². The van der Waals surface area contributed by atoms with Gasteiger partial charge in [-0.2, -0.15) is 0 Å². The van der Waals surface area contributed by atoms with Crippen LogP contribution in [-0.4, -0.2) is 32.5 Å². The van der Waals surface area contributed by atoms with E-state index in [1.165, 1.54) is 40.8 Å². The summed E-state index contributed by atoms with van der Waals surface area (Å²) in [6.07, 6.45) is 5.49. The normalized spacial score (nSPS) is 17.1. The number of rotatable bonds is 4. The van der Waals surface area contributed by atoms with Gasteiger partial charge in [-0.05, 0) is 54.6 Å². The van der Waals surface area contributed by atoms with Gasteiger partial charge >= 0.3 is 5.69 Å². The number of hydrogen-bond acceptors (Lipinski definition) is 4. The van der Waals surface area contributed by atoms with Crippen molar-refractivity contribution in [2.45, 2.75) is 25.3 Å². The van der Waals surface area contributed by atoms with Crippen molar-refractivity contribution in [2.75, 3.05) is 13.1 Å². The van der Waals surface area contributed by atoms with Gasteiger partial charge < -0.3 is 0 Å². The summed E-state index contributed by atoms with van der Waals surface area (Å²) < 4.78 is 1.41. The monoisotopic (exact) mass is 412 g/mol. The Balaban J connectivity index is 1.42. The number of pyridine rings is 1. The number of piperidine rings is 1. The molecule has 3 heterocycles. The maximum Gasteiger partial charge on any atom is 0.332 e. The molecule has 6 heteroatoms. The van der Waals surface area contributed by atoms with E-state index in [2.05, 4.69) is 63.4 Å². The van der Waals surface area contributed by atoms with Gasteiger partial charge in [-0.3, -0.25) is 24.2 Å². The van der Waals surface area contributed by atoms with Gasteiger partial charge in [0.05, 0.1) is 17.4 Å². The van der Waals surface area contributed by atoms with Crippen LogP contribution in [0.5, 0.6) is 0 Å². The van der Waals surface area contributed by atoms with Gasteiger partial charge in [0.1, 0.15) is 0 Å². The summed E-state index contributed by atoms with van der Waals surface area (Å²) in [5.41, 5.74) is 3.31. The molecule has 1 fully saturated rings. The Morgan fingerprint density at radius 1 is 1.03 bits per heavy atom. The van der Waals surface area contributed by atoms with E-state index in [0.29, 0.717) is 11.6 Å². The topological polar surface area (TPSA) is 71.0 Å². The molecule has 6 nitrogen and oxygen atoms in total. The maximum absolute atomic E-state index is 12.2. The lowest BCUT2D eigenvalue weighted by Crippen LogP contribution is -2.33. The molecule has 0 bridgehead atoms. The quantitative estimate of drug-likeness (QED) is 0.557. The summed E-state index contributed by atoms with van der Waals surface area (Å²) >= 11 is 0. The largest absolute Gasteiger partial charge is 0.332 e. The van der Waals surface area contributed by atoms with Gasteiger partial charge in [-0.15, -0.1) is 0 Å². The Hall–Kier alpha value is -3.51. The highest BCUT2D eigenvalue weighted by Gasteiger charge is 2.21. The fourth-order valence-corrected chi connectivity index (χ4v) is 4.46. The number of hydrogen-bond donors (Lipinski definition) is 1. The molecule has 1 atom stereocenters. The minimum atomic E-state index is -0.464. The van der Waals surface area contributed by atoms with Crippen LogP contribution >= 0.6 is 0 Å². The number of fused-ring (bicyclic) bond motifs is 1. The van der Waals surface area contributed by atoms with Crippen molar-refractivity contribution in [3.63, 3.8) is 0 Å². The lowest BCUT2D eigenvalue weighted by molar-refractivity contribution is 0.200. The lowest BCUT2D eigenvalue weighted by atomic mass is 9.89. The van der Waals surface area contributed by atoms with Crippen molar-refractivity contribution >= 4 is 10.9 Å². The van der Waals surface area contributed by atoms with Gasteiger partial charge in [0.25, 0.3) is 5.56 Å². The number of likely N-dealkylation sites (tertiary alicyclic amines) is 1. The van der Waals surface area contributed by atoms with Crippen molar-refractivity contribution in [1.82, 2.24) is 19.4 Å². The van der Waals surface area contributed by atoms with Crippen LogP contribution in [0.3, 0.4) is 0 Å². The van der Waals surface area contributed by atoms with Gasteiger partial charge in [-0.1, -0.05) is 36.4 Å². The lowest BCUT2D eigenvalue weighted by Gasteiger charge is -2.33. The molecule has 156 valence electrons. The zero-order chi connectivity index (χ0) is 21.2. The molecule has 0 amide bonds. The smallest absolute Gasteiger partial charge is 0.298 e. The number of aromatic nitrogens is 3. The molecule has 1 aliphatic heterocycles. The van der Waals surface area contributed by atoms with E-state index in [1.807, 2.05) is 6.07 Å². The molecule has 0 saturated carbocycles. The molecule has 5 rings (SSSR count). The van der Waals surface area contributed by atoms with Crippen molar-refractivity contribution in [2.24, 2.45) is 0 Å². The first-order valence-corrected chi connectivity index (χ1v) is 10.6. The summed E-state index contributed by atoms with van der Waals surface area (Å²) in [7, 11) is 0. The summed E-state index contributed by atoms with van der Waals surface area (Å²) in [6.45, 7) is 3.14. The first-order chi connectivity index (χ1) is 15.2. The SMILES string of the molecule is O=c1ccn(-c2cnc3ccc(C4CCCN(Cc5ccccc5)C4)cc3c2)c(=O)[nH]1. The minimum absolute atomic E-state index is 0.408. The second-order valence-electron chi connectivity index (χ2n) is 8.19. The van der Waals surface area contributed by atoms with Crippen LogP contribution in [0.1, 0.15) is 29.9 Å². The fraction of sp³-hybridized carbons (Fsp3) is 0.240. The van der Waals surface area contributed by atoms with E-state index in [0.717, 1.165) is 30.5 Å². The average molecular weight is 412 g/mol. The average Bonchev–Trinajstić information content (AvgIpc) is 2.79. The first-order valence-electron chi connectivity index (χ1n) is 10.6. The number of benzene rings is 2. The summed E-state index contributed by atoms with van der Waals surface area (Å²) in [5.74, 6) is 0.473. The molecule has 1 aliphatic rings. The van der Waals surface area contributed by atoms with E-state index >= 15 is 0 Å². The fourth-order valence-electron chi connectivity index (χ4n) is 4.46.